The number of piperidine rings is 1. The average Bonchev–Trinajstić information content (AvgIpc) is 3.54. The number of benzene rings is 1. The van der Waals surface area contributed by atoms with Gasteiger partial charge >= 0.3 is 5.97 Å². The number of hydrogen-bond acceptors (Lipinski definition) is 7. The van der Waals surface area contributed by atoms with Gasteiger partial charge in [-0.2, -0.15) is 0 Å². The van der Waals surface area contributed by atoms with Gasteiger partial charge in [-0.1, -0.05) is 11.3 Å². The molecule has 6 rings (SSSR count). The minimum atomic E-state index is -0.651. The first-order valence-electron chi connectivity index (χ1n) is 11.8. The van der Waals surface area contributed by atoms with E-state index in [1.165, 1.54) is 0 Å². The van der Waals surface area contributed by atoms with Crippen molar-refractivity contribution in [2.75, 3.05) is 31.1 Å². The predicted octanol–water partition coefficient (Wildman–Crippen LogP) is 2.26. The van der Waals surface area contributed by atoms with Gasteiger partial charge in [0.1, 0.15) is 6.61 Å². The zero-order chi connectivity index (χ0) is 23.4. The smallest absolute Gasteiger partial charge is 0.338 e. The highest BCUT2D eigenvalue weighted by molar-refractivity contribution is 6.00. The summed E-state index contributed by atoms with van der Waals surface area (Å²) in [7, 11) is 0. The summed E-state index contributed by atoms with van der Waals surface area (Å²) in [6.07, 6.45) is 5.30. The molecule has 1 N–H and O–H groups in total. The van der Waals surface area contributed by atoms with E-state index in [4.69, 9.17) is 4.74 Å². The van der Waals surface area contributed by atoms with Crippen molar-refractivity contribution in [1.82, 2.24) is 19.7 Å². The van der Waals surface area contributed by atoms with E-state index < -0.39 is 6.10 Å². The largest absolute Gasteiger partial charge is 0.457 e. The number of β-amino-alcohol motifs (C(OH)–C–C–N with tert-alkyl or cyclic N) is 1. The molecule has 3 aromatic rings. The Hall–Kier alpha value is -3.30. The molecule has 0 radical (unpaired) electrons. The Kier molecular flexibility index (Phi) is 4.93. The third kappa shape index (κ3) is 3.30. The van der Waals surface area contributed by atoms with Crippen molar-refractivity contribution in [3.05, 3.63) is 58.9 Å². The number of aliphatic hydroxyl groups excluding tert-OH is 1. The number of fused-ring (bicyclic) bond motifs is 2. The molecule has 2 fully saturated rings. The van der Waals surface area contributed by atoms with Crippen LogP contribution in [0.25, 0.3) is 5.52 Å². The highest BCUT2D eigenvalue weighted by atomic mass is 16.5. The van der Waals surface area contributed by atoms with Crippen molar-refractivity contribution in [1.29, 1.82) is 0 Å². The molecule has 1 atom stereocenters. The van der Waals surface area contributed by atoms with Gasteiger partial charge in [-0.15, -0.1) is 5.10 Å². The van der Waals surface area contributed by atoms with E-state index in [0.717, 1.165) is 60.2 Å². The highest BCUT2D eigenvalue weighted by Gasteiger charge is 2.48. The quantitative estimate of drug-likeness (QED) is 0.595. The number of pyridine rings is 1. The van der Waals surface area contributed by atoms with Crippen LogP contribution in [0, 0.1) is 12.3 Å². The van der Waals surface area contributed by atoms with Gasteiger partial charge in [-0.05, 0) is 68.6 Å². The first-order chi connectivity index (χ1) is 16.4. The number of aromatic nitrogens is 3. The molecule has 1 aromatic carbocycles. The number of cyclic esters (lactones) is 1. The molecule has 1 spiro atoms. The average molecular weight is 462 g/mol. The minimum absolute atomic E-state index is 0.198. The molecule has 1 amide bonds. The van der Waals surface area contributed by atoms with Crippen molar-refractivity contribution in [2.45, 2.75) is 38.9 Å². The molecule has 3 aliphatic heterocycles. The summed E-state index contributed by atoms with van der Waals surface area (Å²) in [5.41, 5.74) is 4.67. The number of anilines is 1. The number of aliphatic hydroxyl groups is 1. The van der Waals surface area contributed by atoms with Gasteiger partial charge in [-0.25, -0.2) is 9.31 Å². The molecule has 2 aromatic heterocycles. The number of nitrogens with zero attached hydrogens (tertiary/aromatic N) is 5. The van der Waals surface area contributed by atoms with Gasteiger partial charge in [-0.3, -0.25) is 4.79 Å². The van der Waals surface area contributed by atoms with Crippen LogP contribution in [0.1, 0.15) is 52.4 Å². The van der Waals surface area contributed by atoms with Crippen LogP contribution in [0.3, 0.4) is 0 Å². The van der Waals surface area contributed by atoms with Crippen LogP contribution in [-0.4, -0.2) is 62.9 Å². The molecule has 9 heteroatoms. The zero-order valence-electron chi connectivity index (χ0n) is 19.1. The first kappa shape index (κ1) is 21.2. The summed E-state index contributed by atoms with van der Waals surface area (Å²) in [6.45, 7) is 4.98. The number of likely N-dealkylation sites (tertiary alicyclic amines) is 1. The van der Waals surface area contributed by atoms with E-state index >= 15 is 0 Å². The standard InChI is InChI=1S/C25H27N5O4/c1-16-19(2-3-20-21(16)15-34-23(20)32)22(31)14-28-9-5-25(6-10-28)7-11-29(24(25)33)17-4-8-30-18(12-17)13-26-27-30/h2-4,8,12-13,22,31H,5-7,9-11,14-15H2,1H3/t22-/m0/s1. The molecule has 0 unspecified atom stereocenters. The van der Waals surface area contributed by atoms with Crippen LogP contribution in [-0.2, 0) is 16.1 Å². The van der Waals surface area contributed by atoms with Crippen LogP contribution in [0.5, 0.6) is 0 Å². The summed E-state index contributed by atoms with van der Waals surface area (Å²) in [5, 5.41) is 18.9. The molecule has 2 saturated heterocycles. The fourth-order valence-corrected chi connectivity index (χ4v) is 5.75. The van der Waals surface area contributed by atoms with E-state index in [9.17, 15) is 14.7 Å². The third-order valence-corrected chi connectivity index (χ3v) is 7.92. The monoisotopic (exact) mass is 461 g/mol. The Labute approximate surface area is 196 Å². The van der Waals surface area contributed by atoms with Crippen molar-refractivity contribution in [3.63, 3.8) is 0 Å². The number of ether oxygens (including phenoxy) is 1. The van der Waals surface area contributed by atoms with Crippen LogP contribution in [0.2, 0.25) is 0 Å². The zero-order valence-corrected chi connectivity index (χ0v) is 19.1. The van der Waals surface area contributed by atoms with Gasteiger partial charge in [0, 0.05) is 30.5 Å². The third-order valence-electron chi connectivity index (χ3n) is 7.92. The van der Waals surface area contributed by atoms with Crippen molar-refractivity contribution in [3.8, 4) is 0 Å². The second kappa shape index (κ2) is 7.89. The molecule has 0 bridgehead atoms. The maximum absolute atomic E-state index is 13.5. The lowest BCUT2D eigenvalue weighted by Gasteiger charge is -2.38. The highest BCUT2D eigenvalue weighted by Crippen LogP contribution is 2.43. The normalized spacial score (nSPS) is 20.8. The van der Waals surface area contributed by atoms with Crippen LogP contribution >= 0.6 is 0 Å². The molecule has 0 aliphatic carbocycles. The summed E-state index contributed by atoms with van der Waals surface area (Å²) < 4.78 is 6.83. The van der Waals surface area contributed by atoms with Gasteiger partial charge in [0.2, 0.25) is 5.91 Å². The van der Waals surface area contributed by atoms with E-state index in [0.29, 0.717) is 18.7 Å². The second-order valence-electron chi connectivity index (χ2n) is 9.67. The second-order valence-corrected chi connectivity index (χ2v) is 9.67. The maximum atomic E-state index is 13.5. The Morgan fingerprint density at radius 3 is 2.76 bits per heavy atom. The first-order valence-corrected chi connectivity index (χ1v) is 11.8. The topological polar surface area (TPSA) is 100 Å². The van der Waals surface area contributed by atoms with E-state index in [-0.39, 0.29) is 23.9 Å². The van der Waals surface area contributed by atoms with Crippen LogP contribution in [0.4, 0.5) is 5.69 Å². The Balaban J connectivity index is 1.11. The summed E-state index contributed by atoms with van der Waals surface area (Å²) in [5.74, 6) is -0.0961. The lowest BCUT2D eigenvalue weighted by atomic mass is 9.77. The number of carbonyl (C=O) groups excluding carboxylic acids is 2. The summed E-state index contributed by atoms with van der Waals surface area (Å²) >= 11 is 0. The van der Waals surface area contributed by atoms with Crippen LogP contribution in [0.15, 0.2) is 36.7 Å². The van der Waals surface area contributed by atoms with Crippen molar-refractivity contribution < 1.29 is 19.4 Å². The molecule has 0 saturated carbocycles. The van der Waals surface area contributed by atoms with Gasteiger partial charge in [0.05, 0.1) is 28.8 Å². The fraction of sp³-hybridized carbons (Fsp3) is 0.440. The molecular weight excluding hydrogens is 434 g/mol. The maximum Gasteiger partial charge on any atom is 0.338 e. The lowest BCUT2D eigenvalue weighted by molar-refractivity contribution is -0.128. The number of carbonyl (C=O) groups is 2. The SMILES string of the molecule is Cc1c([C@@H](O)CN2CCC3(CC2)CCN(c2ccn4nncc4c2)C3=O)ccc2c1COC2=O. The number of esters is 1. The molecule has 3 aliphatic rings. The molecule has 176 valence electrons. The number of amides is 1. The fourth-order valence-electron chi connectivity index (χ4n) is 5.75. The Bertz CT molecular complexity index is 1290. The van der Waals surface area contributed by atoms with Gasteiger partial charge < -0.3 is 19.6 Å². The Morgan fingerprint density at radius 2 is 1.94 bits per heavy atom. The van der Waals surface area contributed by atoms with E-state index in [1.54, 1.807) is 16.8 Å². The summed E-state index contributed by atoms with van der Waals surface area (Å²) in [4.78, 5) is 29.4. The van der Waals surface area contributed by atoms with Crippen LogP contribution < -0.4 is 4.90 Å². The van der Waals surface area contributed by atoms with E-state index in [2.05, 4.69) is 15.2 Å². The molecule has 34 heavy (non-hydrogen) atoms. The minimum Gasteiger partial charge on any atom is -0.457 e. The predicted molar refractivity (Wildman–Crippen MR) is 123 cm³/mol. The number of hydrogen-bond donors (Lipinski definition) is 1. The van der Waals surface area contributed by atoms with Gasteiger partial charge in [0.25, 0.3) is 0 Å². The van der Waals surface area contributed by atoms with Crippen molar-refractivity contribution in [2.24, 2.45) is 5.41 Å². The lowest BCUT2D eigenvalue weighted by Crippen LogP contribution is -2.45. The van der Waals surface area contributed by atoms with Gasteiger partial charge in [0.15, 0.2) is 0 Å². The molecule has 9 nitrogen and oxygen atoms in total. The van der Waals surface area contributed by atoms with Crippen molar-refractivity contribution >= 4 is 23.1 Å². The van der Waals surface area contributed by atoms with E-state index in [1.807, 2.05) is 36.2 Å². The number of rotatable bonds is 4. The molecular formula is C25H27N5O4. The summed E-state index contributed by atoms with van der Waals surface area (Å²) in [6, 6.07) is 7.47. The Morgan fingerprint density at radius 1 is 1.15 bits per heavy atom. The molecule has 5 heterocycles.